The minimum absolute atomic E-state index is 0.435. The van der Waals surface area contributed by atoms with Crippen molar-refractivity contribution in [3.05, 3.63) is 65.7 Å². The maximum Gasteiger partial charge on any atom is 0.143 e. The molecule has 2 rings (SSSR count). The maximum atomic E-state index is 11.4. The summed E-state index contributed by atoms with van der Waals surface area (Å²) < 4.78 is 34.2. The van der Waals surface area contributed by atoms with Crippen LogP contribution in [0.3, 0.4) is 0 Å². The van der Waals surface area contributed by atoms with Gasteiger partial charge >= 0.3 is 0 Å². The van der Waals surface area contributed by atoms with Crippen LogP contribution in [0.4, 0.5) is 5.69 Å². The van der Waals surface area contributed by atoms with E-state index in [1.54, 1.807) is 48.5 Å². The second-order valence-electron chi connectivity index (χ2n) is 5.40. The summed E-state index contributed by atoms with van der Waals surface area (Å²) >= 11 is 0. The van der Waals surface area contributed by atoms with Crippen molar-refractivity contribution in [3.8, 4) is 0 Å². The molecule has 0 saturated heterocycles. The van der Waals surface area contributed by atoms with Crippen LogP contribution in [0.1, 0.15) is 30.3 Å². The fraction of sp³-hybridized carbons (Fsp3) is 0.333. The molecule has 0 aromatic heterocycles. The van der Waals surface area contributed by atoms with Crippen LogP contribution in [0.25, 0.3) is 0 Å². The summed E-state index contributed by atoms with van der Waals surface area (Å²) in [6.45, 7) is 8.65. The Morgan fingerprint density at radius 1 is 1.00 bits per heavy atom. The highest BCUT2D eigenvalue weighted by Gasteiger charge is 2.18. The molecule has 0 bridgehead atoms. The number of nitrogens with two attached hydrogens (primary N) is 1. The third-order valence-electron chi connectivity index (χ3n) is 3.32. The first-order valence-corrected chi connectivity index (χ1v) is 9.50. The number of benzene rings is 2. The second kappa shape index (κ2) is 10.1. The number of hydrogen-bond acceptors (Lipinski definition) is 4. The Labute approximate surface area is 144 Å². The lowest BCUT2D eigenvalue weighted by molar-refractivity contribution is -0.648. The molecule has 2 aromatic rings. The molecule has 0 fully saturated rings. The summed E-state index contributed by atoms with van der Waals surface area (Å²) in [5, 5.41) is 3.72. The number of hydrogen-bond donors (Lipinski definition) is 2. The Kier molecular flexibility index (Phi) is 8.46. The van der Waals surface area contributed by atoms with E-state index in [-0.39, 0.29) is 0 Å². The van der Waals surface area contributed by atoms with Crippen molar-refractivity contribution >= 4 is 15.8 Å². The molecule has 1 unspecified atom stereocenters. The zero-order chi connectivity index (χ0) is 18.0. The summed E-state index contributed by atoms with van der Waals surface area (Å²) in [4.78, 5) is 0. The smallest absolute Gasteiger partial charge is 0.143 e. The molecule has 0 saturated carbocycles. The number of quaternary nitrogens is 1. The highest BCUT2D eigenvalue weighted by molar-refractivity contribution is 7.86. The molecule has 0 spiro atoms. The summed E-state index contributed by atoms with van der Waals surface area (Å²) in [6.07, 6.45) is 0. The van der Waals surface area contributed by atoms with Crippen molar-refractivity contribution in [2.75, 3.05) is 18.4 Å². The molecule has 2 aromatic carbocycles. The fourth-order valence-corrected chi connectivity index (χ4v) is 2.81. The van der Waals surface area contributed by atoms with Gasteiger partial charge in [-0.15, -0.1) is 0 Å². The normalized spacial score (nSPS) is 12.0. The zero-order valence-corrected chi connectivity index (χ0v) is 15.2. The minimum atomic E-state index is -4.49. The maximum absolute atomic E-state index is 11.4. The van der Waals surface area contributed by atoms with Crippen molar-refractivity contribution in [1.29, 1.82) is 0 Å². The van der Waals surface area contributed by atoms with Crippen LogP contribution in [0.5, 0.6) is 0 Å². The molecule has 5 nitrogen and oxygen atoms in total. The highest BCUT2D eigenvalue weighted by Crippen LogP contribution is 2.24. The van der Waals surface area contributed by atoms with E-state index in [4.69, 9.17) is 0 Å². The van der Waals surface area contributed by atoms with Gasteiger partial charge in [-0.25, -0.2) is 8.42 Å². The van der Waals surface area contributed by atoms with E-state index < -0.39 is 15.5 Å². The standard InChI is InChI=1S/C14H15NO3S.C4H11N/c1-11-7-9-12(10-8-11)14(19(16,17)18)15-13-5-3-2-4-6-13;1-3-5-4-2/h2-10,14-15H,1H3,(H,16,17,18);5H,3-4H2,1-2H3. The van der Waals surface area contributed by atoms with Crippen LogP contribution < -0.4 is 10.6 Å². The monoisotopic (exact) mass is 350 g/mol. The molecule has 0 radical (unpaired) electrons. The quantitative estimate of drug-likeness (QED) is 0.782. The number of aryl methyl sites for hydroxylation is 1. The highest BCUT2D eigenvalue weighted by atomic mass is 32.2. The van der Waals surface area contributed by atoms with Crippen molar-refractivity contribution in [2.24, 2.45) is 0 Å². The van der Waals surface area contributed by atoms with Crippen LogP contribution >= 0.6 is 0 Å². The summed E-state index contributed by atoms with van der Waals surface area (Å²) in [6, 6.07) is 15.6. The average Bonchev–Trinajstić information content (AvgIpc) is 2.55. The first kappa shape index (κ1) is 20.2. The van der Waals surface area contributed by atoms with Gasteiger partial charge in [-0.3, -0.25) is 0 Å². The molecule has 6 heteroatoms. The molecule has 24 heavy (non-hydrogen) atoms. The fourth-order valence-electron chi connectivity index (χ4n) is 2.04. The van der Waals surface area contributed by atoms with Gasteiger partial charge in [-0.1, -0.05) is 48.0 Å². The van der Waals surface area contributed by atoms with Gasteiger partial charge in [0.2, 0.25) is 0 Å². The number of rotatable bonds is 6. The van der Waals surface area contributed by atoms with Crippen molar-refractivity contribution in [3.63, 3.8) is 0 Å². The third-order valence-corrected chi connectivity index (χ3v) is 4.29. The molecule has 0 amide bonds. The van der Waals surface area contributed by atoms with Gasteiger partial charge < -0.3 is 15.2 Å². The van der Waals surface area contributed by atoms with Gasteiger partial charge in [-0.05, 0) is 38.5 Å². The van der Waals surface area contributed by atoms with E-state index in [1.165, 1.54) is 13.1 Å². The summed E-state index contributed by atoms with van der Waals surface area (Å²) in [7, 11) is -4.49. The SMILES string of the molecule is CC[NH2+]CC.Cc1ccc(C(Nc2ccccc2)S(=O)(=O)[O-])cc1. The Hall–Kier alpha value is -1.89. The van der Waals surface area contributed by atoms with Gasteiger partial charge in [0.15, 0.2) is 0 Å². The Balaban J connectivity index is 0.000000505. The van der Waals surface area contributed by atoms with Crippen molar-refractivity contribution in [2.45, 2.75) is 26.1 Å². The molecule has 0 aliphatic carbocycles. The molecule has 0 heterocycles. The number of nitrogens with one attached hydrogen (secondary N) is 1. The lowest BCUT2D eigenvalue weighted by Gasteiger charge is -2.23. The zero-order valence-electron chi connectivity index (χ0n) is 14.4. The molecule has 3 N–H and O–H groups in total. The Morgan fingerprint density at radius 3 is 1.96 bits per heavy atom. The van der Waals surface area contributed by atoms with Crippen LogP contribution in [-0.4, -0.2) is 26.1 Å². The van der Waals surface area contributed by atoms with E-state index in [0.717, 1.165) is 5.56 Å². The molecule has 1 atom stereocenters. The Morgan fingerprint density at radius 2 is 1.54 bits per heavy atom. The van der Waals surface area contributed by atoms with Gasteiger partial charge in [-0.2, -0.15) is 0 Å². The lowest BCUT2D eigenvalue weighted by atomic mass is 10.1. The first-order valence-electron chi connectivity index (χ1n) is 8.03. The average molecular weight is 350 g/mol. The second-order valence-corrected chi connectivity index (χ2v) is 6.86. The number of para-hydroxylation sites is 1. The van der Waals surface area contributed by atoms with Crippen LogP contribution in [0, 0.1) is 6.92 Å². The van der Waals surface area contributed by atoms with Gasteiger partial charge in [0.1, 0.15) is 15.5 Å². The van der Waals surface area contributed by atoms with E-state index in [2.05, 4.69) is 24.5 Å². The van der Waals surface area contributed by atoms with Crippen LogP contribution in [0.2, 0.25) is 0 Å². The third kappa shape index (κ3) is 7.12. The topological polar surface area (TPSA) is 85.8 Å². The predicted molar refractivity (Wildman–Crippen MR) is 96.7 cm³/mol. The van der Waals surface area contributed by atoms with E-state index >= 15 is 0 Å². The van der Waals surface area contributed by atoms with Crippen LogP contribution in [-0.2, 0) is 10.1 Å². The van der Waals surface area contributed by atoms with E-state index in [1.807, 2.05) is 13.0 Å². The van der Waals surface area contributed by atoms with E-state index in [0.29, 0.717) is 11.3 Å². The van der Waals surface area contributed by atoms with Crippen LogP contribution in [0.15, 0.2) is 54.6 Å². The molecule has 0 aliphatic rings. The Bertz CT molecular complexity index is 684. The van der Waals surface area contributed by atoms with E-state index in [9.17, 15) is 13.0 Å². The number of anilines is 1. The molecule has 0 aliphatic heterocycles. The first-order chi connectivity index (χ1) is 11.4. The van der Waals surface area contributed by atoms with Gasteiger partial charge in [0.25, 0.3) is 0 Å². The van der Waals surface area contributed by atoms with Gasteiger partial charge in [0, 0.05) is 5.69 Å². The summed E-state index contributed by atoms with van der Waals surface area (Å²) in [5.41, 5.74) is 2.03. The molecule has 132 valence electrons. The molecular weight excluding hydrogens is 324 g/mol. The molecular formula is C18H26N2O3S. The summed E-state index contributed by atoms with van der Waals surface area (Å²) in [5.74, 6) is 0. The van der Waals surface area contributed by atoms with Gasteiger partial charge in [0.05, 0.1) is 13.1 Å². The minimum Gasteiger partial charge on any atom is -0.746 e. The predicted octanol–water partition coefficient (Wildman–Crippen LogP) is 2.24. The lowest BCUT2D eigenvalue weighted by Crippen LogP contribution is -2.82. The largest absolute Gasteiger partial charge is 0.746 e. The van der Waals surface area contributed by atoms with Crippen molar-refractivity contribution < 1.29 is 18.3 Å². The van der Waals surface area contributed by atoms with Crippen molar-refractivity contribution in [1.82, 2.24) is 0 Å².